The van der Waals surface area contributed by atoms with Crippen LogP contribution in [0.1, 0.15) is 91.8 Å². The fourth-order valence-electron chi connectivity index (χ4n) is 8.30. The summed E-state index contributed by atoms with van der Waals surface area (Å²) < 4.78 is 35.1. The molecule has 0 radical (unpaired) electrons. The van der Waals surface area contributed by atoms with Crippen molar-refractivity contribution < 1.29 is 28.2 Å². The van der Waals surface area contributed by atoms with Crippen LogP contribution in [-0.2, 0) is 21.2 Å². The summed E-state index contributed by atoms with van der Waals surface area (Å²) in [7, 11) is -2.28. The molecule has 7 nitrogen and oxygen atoms in total. The van der Waals surface area contributed by atoms with E-state index in [0.29, 0.717) is 62.7 Å². The summed E-state index contributed by atoms with van der Waals surface area (Å²) in [5.41, 5.74) is 4.02. The molecule has 1 fully saturated rings. The van der Waals surface area contributed by atoms with Gasteiger partial charge in [0, 0.05) is 43.3 Å². The number of nitrogens with zero attached hydrogens (tertiary/aromatic N) is 1. The van der Waals surface area contributed by atoms with E-state index in [1.165, 1.54) is 21.2 Å². The van der Waals surface area contributed by atoms with E-state index in [0.717, 1.165) is 28.7 Å². The zero-order valence-corrected chi connectivity index (χ0v) is 32.1. The number of hydrogen-bond acceptors (Lipinski definition) is 7. The molecule has 276 valence electrons. The summed E-state index contributed by atoms with van der Waals surface area (Å²) in [5, 5.41) is 25.7. The third-order valence-corrected chi connectivity index (χ3v) is 14.7. The van der Waals surface area contributed by atoms with Crippen LogP contribution >= 0.6 is 11.3 Å². The standard InChI is InChI=1S/C43H51NO6S2/c1-31-10-7-23-42(2)39(22-24-43(42,47)30-44(25-9-26-50-3)52(48,49)40-13-8-27-51-40)37-21-15-32(28-36(45)20-14-31)29-38(37)41(46)35-18-16-34(17-19-35)33-11-5-4-6-12-33/h4-6,8,10-13,15-19,21,27,29,36,39,45,47H,7,9,14,20,22-26,28,30H2,1-3H3. The summed E-state index contributed by atoms with van der Waals surface area (Å²) in [4.78, 5) is 14.6. The largest absolute Gasteiger partial charge is 0.393 e. The minimum atomic E-state index is -3.88. The highest BCUT2D eigenvalue weighted by molar-refractivity contribution is 7.91. The van der Waals surface area contributed by atoms with Gasteiger partial charge in [-0.15, -0.1) is 11.3 Å². The Morgan fingerprint density at radius 1 is 0.981 bits per heavy atom. The first-order valence-corrected chi connectivity index (χ1v) is 20.7. The molecule has 4 unspecified atom stereocenters. The first-order chi connectivity index (χ1) is 24.9. The molecule has 3 aliphatic carbocycles. The van der Waals surface area contributed by atoms with Gasteiger partial charge in [-0.05, 0) is 104 Å². The summed E-state index contributed by atoms with van der Waals surface area (Å²) in [6, 6.07) is 27.1. The van der Waals surface area contributed by atoms with E-state index in [4.69, 9.17) is 4.74 Å². The number of allylic oxidation sites excluding steroid dienone is 2. The second-order valence-electron chi connectivity index (χ2n) is 14.8. The third kappa shape index (κ3) is 8.05. The molecule has 0 saturated heterocycles. The van der Waals surface area contributed by atoms with Crippen LogP contribution in [0, 0.1) is 5.41 Å². The highest BCUT2D eigenvalue weighted by Gasteiger charge is 2.58. The van der Waals surface area contributed by atoms with Crippen molar-refractivity contribution in [2.45, 2.75) is 87.0 Å². The number of hydrogen-bond donors (Lipinski definition) is 2. The Kier molecular flexibility index (Phi) is 12.0. The summed E-state index contributed by atoms with van der Waals surface area (Å²) in [6.07, 6.45) is 6.19. The number of aliphatic hydroxyl groups excluding tert-OH is 1. The van der Waals surface area contributed by atoms with Gasteiger partial charge in [0.25, 0.3) is 10.0 Å². The fraction of sp³-hybridized carbons (Fsp3) is 0.419. The van der Waals surface area contributed by atoms with Gasteiger partial charge in [0.1, 0.15) is 4.21 Å². The Bertz CT molecular complexity index is 1960. The van der Waals surface area contributed by atoms with Crippen LogP contribution in [0.25, 0.3) is 11.1 Å². The lowest BCUT2D eigenvalue weighted by atomic mass is 9.64. The molecule has 1 heterocycles. The maximum atomic E-state index is 14.6. The lowest BCUT2D eigenvalue weighted by Gasteiger charge is -2.46. The Labute approximate surface area is 313 Å². The van der Waals surface area contributed by atoms with Gasteiger partial charge >= 0.3 is 0 Å². The van der Waals surface area contributed by atoms with Crippen molar-refractivity contribution in [1.82, 2.24) is 4.31 Å². The van der Waals surface area contributed by atoms with E-state index in [-0.39, 0.29) is 29.0 Å². The van der Waals surface area contributed by atoms with Crippen LogP contribution in [0.2, 0.25) is 0 Å². The summed E-state index contributed by atoms with van der Waals surface area (Å²) in [6.45, 7) is 4.73. The Hall–Kier alpha value is -3.44. The van der Waals surface area contributed by atoms with Crippen LogP contribution in [-0.4, -0.2) is 67.2 Å². The van der Waals surface area contributed by atoms with Crippen molar-refractivity contribution in [2.24, 2.45) is 5.41 Å². The maximum absolute atomic E-state index is 14.6. The molecule has 9 heteroatoms. The van der Waals surface area contributed by atoms with Crippen molar-refractivity contribution >= 4 is 27.1 Å². The summed E-state index contributed by atoms with van der Waals surface area (Å²) in [5.74, 6) is -0.325. The van der Waals surface area contributed by atoms with E-state index >= 15 is 0 Å². The molecule has 4 atom stereocenters. The smallest absolute Gasteiger partial charge is 0.252 e. The Morgan fingerprint density at radius 2 is 1.73 bits per heavy atom. The minimum absolute atomic E-state index is 0.0544. The van der Waals surface area contributed by atoms with Gasteiger partial charge in [-0.1, -0.05) is 91.4 Å². The van der Waals surface area contributed by atoms with Crippen molar-refractivity contribution in [2.75, 3.05) is 26.8 Å². The fourth-order valence-corrected chi connectivity index (χ4v) is 11.0. The number of rotatable bonds is 11. The van der Waals surface area contributed by atoms with Gasteiger partial charge < -0.3 is 14.9 Å². The Balaban J connectivity index is 1.42. The van der Waals surface area contributed by atoms with Crippen molar-refractivity contribution in [1.29, 1.82) is 0 Å². The number of methoxy groups -OCH3 is 1. The van der Waals surface area contributed by atoms with Crippen molar-refractivity contribution in [3.05, 3.63) is 124 Å². The van der Waals surface area contributed by atoms with Crippen LogP contribution < -0.4 is 0 Å². The lowest BCUT2D eigenvalue weighted by Crippen LogP contribution is -2.54. The number of ketones is 1. The van der Waals surface area contributed by atoms with Gasteiger partial charge in [0.2, 0.25) is 0 Å². The molecule has 2 N–H and O–H groups in total. The van der Waals surface area contributed by atoms with Gasteiger partial charge in [-0.3, -0.25) is 4.79 Å². The zero-order valence-electron chi connectivity index (χ0n) is 30.5. The van der Waals surface area contributed by atoms with E-state index in [2.05, 4.69) is 19.9 Å². The molecular formula is C43H51NO6S2. The molecule has 0 aliphatic heterocycles. The summed E-state index contributed by atoms with van der Waals surface area (Å²) >= 11 is 1.18. The van der Waals surface area contributed by atoms with Crippen LogP contribution in [0.3, 0.4) is 0 Å². The normalized spacial score (nSPS) is 24.0. The molecule has 0 amide bonds. The topological polar surface area (TPSA) is 104 Å². The van der Waals surface area contributed by atoms with Crippen LogP contribution in [0.15, 0.2) is 106 Å². The molecule has 3 aromatic carbocycles. The first-order valence-electron chi connectivity index (χ1n) is 18.4. The average molecular weight is 742 g/mol. The monoisotopic (exact) mass is 741 g/mol. The van der Waals surface area contributed by atoms with Gasteiger partial charge in [-0.25, -0.2) is 8.42 Å². The number of aliphatic hydroxyl groups is 2. The maximum Gasteiger partial charge on any atom is 0.252 e. The molecule has 1 aromatic heterocycles. The number of benzene rings is 3. The van der Waals surface area contributed by atoms with E-state index < -0.39 is 27.1 Å². The SMILES string of the molecule is COCCCN(CC1(O)CCC2c3ccc(cc3C(=O)c3ccc(-c4ccccc4)cc3)CC(O)CCC(C)=CCCC21C)S(=O)(=O)c1cccs1. The molecular weight excluding hydrogens is 691 g/mol. The van der Waals surface area contributed by atoms with Crippen molar-refractivity contribution in [3.8, 4) is 11.1 Å². The first kappa shape index (κ1) is 38.3. The Morgan fingerprint density at radius 3 is 2.44 bits per heavy atom. The molecule has 7 rings (SSSR count). The highest BCUT2D eigenvalue weighted by Crippen LogP contribution is 2.59. The quantitative estimate of drug-likeness (QED) is 0.0910. The number of ether oxygens (including phenoxy) is 1. The van der Waals surface area contributed by atoms with Gasteiger partial charge in [0.05, 0.1) is 11.7 Å². The number of sulfonamides is 1. The highest BCUT2D eigenvalue weighted by atomic mass is 32.2. The predicted molar refractivity (Wildman–Crippen MR) is 208 cm³/mol. The number of fused-ring (bicyclic) bond motifs is 8. The molecule has 2 bridgehead atoms. The number of carbonyl (C=O) groups is 1. The lowest BCUT2D eigenvalue weighted by molar-refractivity contribution is -0.0727. The average Bonchev–Trinajstić information content (AvgIpc) is 3.78. The number of thiophene rings is 1. The second-order valence-corrected chi connectivity index (χ2v) is 17.9. The molecule has 0 spiro atoms. The van der Waals surface area contributed by atoms with E-state index in [9.17, 15) is 23.4 Å². The van der Waals surface area contributed by atoms with Crippen LogP contribution in [0.4, 0.5) is 0 Å². The molecule has 3 aliphatic rings. The second kappa shape index (κ2) is 16.3. The van der Waals surface area contributed by atoms with E-state index in [1.807, 2.05) is 72.8 Å². The zero-order chi connectivity index (χ0) is 36.9. The minimum Gasteiger partial charge on any atom is -0.393 e. The number of carbonyl (C=O) groups excluding carboxylic acids is 1. The molecule has 52 heavy (non-hydrogen) atoms. The van der Waals surface area contributed by atoms with Crippen molar-refractivity contribution in [3.63, 3.8) is 0 Å². The third-order valence-electron chi connectivity index (χ3n) is 11.5. The predicted octanol–water partition coefficient (Wildman–Crippen LogP) is 8.41. The van der Waals surface area contributed by atoms with Crippen LogP contribution in [0.5, 0.6) is 0 Å². The molecule has 4 aromatic rings. The van der Waals surface area contributed by atoms with Gasteiger partial charge in [0.15, 0.2) is 5.78 Å². The van der Waals surface area contributed by atoms with E-state index in [1.54, 1.807) is 24.6 Å². The molecule has 1 saturated carbocycles. The van der Waals surface area contributed by atoms with Gasteiger partial charge in [-0.2, -0.15) is 4.31 Å².